The van der Waals surface area contributed by atoms with Gasteiger partial charge in [-0.3, -0.25) is 0 Å². The Morgan fingerprint density at radius 3 is 2.61 bits per heavy atom. The minimum Gasteiger partial charge on any atom is -0.507 e. The van der Waals surface area contributed by atoms with E-state index in [0.717, 1.165) is 26.7 Å². The highest BCUT2D eigenvalue weighted by molar-refractivity contribution is 9.10. The van der Waals surface area contributed by atoms with Crippen LogP contribution in [0.4, 0.5) is 0 Å². The Balaban J connectivity index is 1.50. The van der Waals surface area contributed by atoms with Gasteiger partial charge >= 0.3 is 0 Å². The van der Waals surface area contributed by atoms with Gasteiger partial charge in [0.25, 0.3) is 0 Å². The molecule has 2 atom stereocenters. The Morgan fingerprint density at radius 2 is 1.76 bits per heavy atom. The molecule has 2 unspecified atom stereocenters. The fourth-order valence-electron chi connectivity index (χ4n) is 4.59. The Labute approximate surface area is 209 Å². The van der Waals surface area contributed by atoms with Crippen LogP contribution in [0.1, 0.15) is 35.4 Å². The zero-order valence-electron chi connectivity index (χ0n) is 17.2. The van der Waals surface area contributed by atoms with E-state index in [9.17, 15) is 5.11 Å². The van der Waals surface area contributed by atoms with E-state index in [1.165, 1.54) is 5.39 Å². The maximum absolute atomic E-state index is 10.6. The van der Waals surface area contributed by atoms with E-state index < -0.39 is 6.23 Å². The molecule has 1 N–H and O–H groups in total. The van der Waals surface area contributed by atoms with Gasteiger partial charge in [-0.25, -0.2) is 5.01 Å². The van der Waals surface area contributed by atoms with E-state index in [2.05, 4.69) is 46.3 Å². The second-order valence-electron chi connectivity index (χ2n) is 8.19. The lowest BCUT2D eigenvalue weighted by Gasteiger charge is -2.38. The molecule has 0 fully saturated rings. The first-order valence-corrected chi connectivity index (χ1v) is 12.0. The summed E-state index contributed by atoms with van der Waals surface area (Å²) in [7, 11) is 0. The number of rotatable bonds is 2. The van der Waals surface area contributed by atoms with Gasteiger partial charge in [0.05, 0.1) is 22.3 Å². The predicted molar refractivity (Wildman–Crippen MR) is 135 cm³/mol. The van der Waals surface area contributed by atoms with Crippen molar-refractivity contribution in [2.75, 3.05) is 0 Å². The Morgan fingerprint density at radius 1 is 0.939 bits per heavy atom. The molecule has 33 heavy (non-hydrogen) atoms. The standard InChI is InChI=1S/C26H17BrCl2N2O2/c27-17-7-8-24(32)20(10-17)26-31-23(19-11-18(28)12-21(29)25(19)33-26)13-22(30-31)16-6-5-14-3-1-2-4-15(14)9-16/h1-12,23,26,32H,13H2. The molecule has 2 aliphatic rings. The first-order chi connectivity index (χ1) is 16.0. The topological polar surface area (TPSA) is 45.1 Å². The van der Waals surface area contributed by atoms with Crippen molar-refractivity contribution in [1.29, 1.82) is 0 Å². The third-order valence-electron chi connectivity index (χ3n) is 6.15. The number of phenolic OH excluding ortho intramolecular Hbond substituents is 1. The third kappa shape index (κ3) is 3.55. The molecule has 6 rings (SSSR count). The maximum atomic E-state index is 10.6. The molecular formula is C26H17BrCl2N2O2. The molecule has 0 amide bonds. The SMILES string of the molecule is Oc1ccc(Br)cc1C1Oc2c(Cl)cc(Cl)cc2C2CC(c3ccc4ccccc4c3)=NN21. The second kappa shape index (κ2) is 7.94. The highest BCUT2D eigenvalue weighted by Crippen LogP contribution is 2.52. The van der Waals surface area contributed by atoms with Crippen LogP contribution in [-0.4, -0.2) is 15.8 Å². The van der Waals surface area contributed by atoms with Gasteiger partial charge in [0.1, 0.15) is 11.5 Å². The molecule has 0 saturated heterocycles. The Bertz CT molecular complexity index is 1460. The van der Waals surface area contributed by atoms with Gasteiger partial charge in [0.15, 0.2) is 0 Å². The number of halogens is 3. The van der Waals surface area contributed by atoms with Crippen molar-refractivity contribution >= 4 is 55.6 Å². The largest absolute Gasteiger partial charge is 0.507 e. The maximum Gasteiger partial charge on any atom is 0.217 e. The Hall–Kier alpha value is -2.73. The van der Waals surface area contributed by atoms with Gasteiger partial charge in [0.2, 0.25) is 6.23 Å². The van der Waals surface area contributed by atoms with Gasteiger partial charge in [-0.2, -0.15) is 5.10 Å². The van der Waals surface area contributed by atoms with Crippen molar-refractivity contribution in [3.05, 3.63) is 104 Å². The normalized spacial score (nSPS) is 19.1. The number of hydrogen-bond donors (Lipinski definition) is 1. The van der Waals surface area contributed by atoms with E-state index >= 15 is 0 Å². The van der Waals surface area contributed by atoms with Crippen molar-refractivity contribution in [2.24, 2.45) is 5.10 Å². The molecule has 0 bridgehead atoms. The molecule has 2 heterocycles. The monoisotopic (exact) mass is 538 g/mol. The summed E-state index contributed by atoms with van der Waals surface area (Å²) in [6, 6.07) is 23.3. The molecule has 0 saturated carbocycles. The zero-order valence-corrected chi connectivity index (χ0v) is 20.3. The molecular weight excluding hydrogens is 523 g/mol. The van der Waals surface area contributed by atoms with Gasteiger partial charge in [-0.05, 0) is 52.7 Å². The summed E-state index contributed by atoms with van der Waals surface area (Å²) in [5, 5.41) is 20.9. The first-order valence-electron chi connectivity index (χ1n) is 10.5. The average molecular weight is 540 g/mol. The highest BCUT2D eigenvalue weighted by Gasteiger charge is 2.43. The van der Waals surface area contributed by atoms with Gasteiger partial charge < -0.3 is 9.84 Å². The summed E-state index contributed by atoms with van der Waals surface area (Å²) in [5.41, 5.74) is 3.49. The molecule has 0 radical (unpaired) electrons. The van der Waals surface area contributed by atoms with Crippen molar-refractivity contribution < 1.29 is 9.84 Å². The molecule has 4 aromatic carbocycles. The van der Waals surface area contributed by atoms with Gasteiger partial charge in [-0.1, -0.05) is 75.5 Å². The van der Waals surface area contributed by atoms with Crippen LogP contribution < -0.4 is 4.74 Å². The fraction of sp³-hybridized carbons (Fsp3) is 0.115. The summed E-state index contributed by atoms with van der Waals surface area (Å²) in [5.74, 6) is 0.700. The highest BCUT2D eigenvalue weighted by atomic mass is 79.9. The molecule has 0 aliphatic carbocycles. The van der Waals surface area contributed by atoms with Crippen molar-refractivity contribution in [1.82, 2.24) is 5.01 Å². The molecule has 7 heteroatoms. The van der Waals surface area contributed by atoms with E-state index in [0.29, 0.717) is 27.8 Å². The van der Waals surface area contributed by atoms with E-state index in [1.54, 1.807) is 18.2 Å². The number of hydrazone groups is 1. The predicted octanol–water partition coefficient (Wildman–Crippen LogP) is 7.86. The third-order valence-corrected chi connectivity index (χ3v) is 7.14. The minimum atomic E-state index is -0.642. The van der Waals surface area contributed by atoms with Crippen LogP contribution in [0.3, 0.4) is 0 Å². The Kier molecular flexibility index (Phi) is 5.02. The number of ether oxygens (including phenoxy) is 1. The summed E-state index contributed by atoms with van der Waals surface area (Å²) >= 11 is 16.4. The van der Waals surface area contributed by atoms with E-state index in [-0.39, 0.29) is 11.8 Å². The van der Waals surface area contributed by atoms with Gasteiger partial charge in [-0.15, -0.1) is 0 Å². The van der Waals surface area contributed by atoms with E-state index in [1.807, 2.05) is 29.3 Å². The molecule has 0 aromatic heterocycles. The summed E-state index contributed by atoms with van der Waals surface area (Å²) in [6.45, 7) is 0. The number of aromatic hydroxyl groups is 1. The minimum absolute atomic E-state index is 0.129. The molecule has 0 spiro atoms. The summed E-state index contributed by atoms with van der Waals surface area (Å²) in [4.78, 5) is 0. The number of hydrogen-bond acceptors (Lipinski definition) is 4. The molecule has 4 nitrogen and oxygen atoms in total. The first kappa shape index (κ1) is 20.8. The van der Waals surface area contributed by atoms with Crippen molar-refractivity contribution in [2.45, 2.75) is 18.7 Å². The smallest absolute Gasteiger partial charge is 0.217 e. The average Bonchev–Trinajstić information content (AvgIpc) is 3.26. The van der Waals surface area contributed by atoms with Crippen LogP contribution in [0, 0.1) is 0 Å². The molecule has 2 aliphatic heterocycles. The van der Waals surface area contributed by atoms with Crippen molar-refractivity contribution in [3.63, 3.8) is 0 Å². The lowest BCUT2D eigenvalue weighted by molar-refractivity contribution is -0.0202. The van der Waals surface area contributed by atoms with Gasteiger partial charge in [0, 0.05) is 21.5 Å². The lowest BCUT2D eigenvalue weighted by atomic mass is 9.95. The lowest BCUT2D eigenvalue weighted by Crippen LogP contribution is -2.34. The molecule has 4 aromatic rings. The number of phenols is 1. The van der Waals surface area contributed by atoms with Crippen LogP contribution in [0.25, 0.3) is 10.8 Å². The number of fused-ring (bicyclic) bond motifs is 4. The second-order valence-corrected chi connectivity index (χ2v) is 9.95. The van der Waals surface area contributed by atoms with Crippen LogP contribution in [0.5, 0.6) is 11.5 Å². The van der Waals surface area contributed by atoms with Crippen LogP contribution in [-0.2, 0) is 0 Å². The van der Waals surface area contributed by atoms with E-state index in [4.69, 9.17) is 33.0 Å². The molecule has 164 valence electrons. The summed E-state index contributed by atoms with van der Waals surface area (Å²) in [6.07, 6.45) is 0.0213. The summed E-state index contributed by atoms with van der Waals surface area (Å²) < 4.78 is 7.19. The number of nitrogens with zero attached hydrogens (tertiary/aromatic N) is 2. The van der Waals surface area contributed by atoms with Crippen LogP contribution in [0.2, 0.25) is 10.0 Å². The van der Waals surface area contributed by atoms with Crippen LogP contribution in [0.15, 0.2) is 82.4 Å². The fourth-order valence-corrected chi connectivity index (χ4v) is 5.52. The van der Waals surface area contributed by atoms with Crippen LogP contribution >= 0.6 is 39.1 Å². The quantitative estimate of drug-likeness (QED) is 0.282. The number of benzene rings is 4. The van der Waals surface area contributed by atoms with Crippen molar-refractivity contribution in [3.8, 4) is 11.5 Å². The zero-order chi connectivity index (χ0) is 22.7.